The van der Waals surface area contributed by atoms with Crippen LogP contribution in [0.15, 0.2) is 39.7 Å². The molecule has 0 bridgehead atoms. The maximum Gasteiger partial charge on any atom is 0.266 e. The van der Waals surface area contributed by atoms with Crippen LogP contribution in [-0.2, 0) is 16.1 Å². The number of carbonyl (C=O) groups excluding carboxylic acids is 1. The molecule has 2 heterocycles. The molecule has 2 aromatic carbocycles. The van der Waals surface area contributed by atoms with E-state index in [1.165, 1.54) is 11.8 Å². The third-order valence-corrected chi connectivity index (χ3v) is 7.91. The van der Waals surface area contributed by atoms with Crippen molar-refractivity contribution in [3.8, 4) is 11.5 Å². The van der Waals surface area contributed by atoms with E-state index in [9.17, 15) is 4.79 Å². The molecule has 0 unspecified atom stereocenters. The quantitative estimate of drug-likeness (QED) is 0.264. The maximum absolute atomic E-state index is 12.9. The lowest BCUT2D eigenvalue weighted by atomic mass is 10.1. The number of rotatable bonds is 7. The van der Waals surface area contributed by atoms with E-state index in [4.69, 9.17) is 49.6 Å². The van der Waals surface area contributed by atoms with Gasteiger partial charge in [0.15, 0.2) is 11.5 Å². The Morgan fingerprint density at radius 3 is 2.82 bits per heavy atom. The highest BCUT2D eigenvalue weighted by molar-refractivity contribution is 9.10. The van der Waals surface area contributed by atoms with Crippen LogP contribution in [0.25, 0.3) is 6.08 Å². The minimum absolute atomic E-state index is 0.0491. The van der Waals surface area contributed by atoms with Crippen molar-refractivity contribution in [2.24, 2.45) is 0 Å². The largest absolute Gasteiger partial charge is 0.493 e. The normalized spacial score (nSPS) is 19.6. The summed E-state index contributed by atoms with van der Waals surface area (Å²) >= 11 is 22.4. The lowest BCUT2D eigenvalue weighted by Gasteiger charge is -2.18. The van der Waals surface area contributed by atoms with Gasteiger partial charge in [-0.15, -0.1) is 0 Å². The van der Waals surface area contributed by atoms with Crippen LogP contribution in [0.4, 0.5) is 0 Å². The first-order valence-corrected chi connectivity index (χ1v) is 12.9. The van der Waals surface area contributed by atoms with E-state index in [1.807, 2.05) is 24.3 Å². The minimum atomic E-state index is -0.101. The van der Waals surface area contributed by atoms with Gasteiger partial charge in [-0.2, -0.15) is 0 Å². The van der Waals surface area contributed by atoms with Crippen LogP contribution in [0, 0.1) is 0 Å². The summed E-state index contributed by atoms with van der Waals surface area (Å²) in [5.74, 6) is 0.979. The van der Waals surface area contributed by atoms with E-state index in [0.717, 1.165) is 30.6 Å². The molecule has 1 atom stereocenters. The van der Waals surface area contributed by atoms with Crippen LogP contribution >= 0.6 is 63.1 Å². The average molecular weight is 589 g/mol. The average Bonchev–Trinajstić information content (AvgIpc) is 3.39. The summed E-state index contributed by atoms with van der Waals surface area (Å²) in [6.45, 7) is 1.52. The number of thiocarbonyl (C=S) groups is 1. The number of amides is 1. The van der Waals surface area contributed by atoms with Gasteiger partial charge >= 0.3 is 0 Å². The van der Waals surface area contributed by atoms with Gasteiger partial charge in [0.1, 0.15) is 10.9 Å². The molecule has 0 radical (unpaired) electrons. The molecule has 33 heavy (non-hydrogen) atoms. The Bertz CT molecular complexity index is 1120. The van der Waals surface area contributed by atoms with Crippen LogP contribution in [-0.4, -0.2) is 41.5 Å². The van der Waals surface area contributed by atoms with Crippen molar-refractivity contribution < 1.29 is 19.0 Å². The molecule has 2 saturated heterocycles. The summed E-state index contributed by atoms with van der Waals surface area (Å²) in [5.41, 5.74) is 1.66. The molecule has 2 aliphatic heterocycles. The number of benzene rings is 2. The number of nitrogens with zero attached hydrogens (tertiary/aromatic N) is 1. The van der Waals surface area contributed by atoms with Gasteiger partial charge in [-0.1, -0.05) is 53.2 Å². The molecule has 0 saturated carbocycles. The first-order valence-electron chi connectivity index (χ1n) is 10.2. The molecule has 0 spiro atoms. The van der Waals surface area contributed by atoms with Gasteiger partial charge in [0.25, 0.3) is 5.91 Å². The predicted octanol–water partition coefficient (Wildman–Crippen LogP) is 6.72. The first-order chi connectivity index (χ1) is 15.9. The van der Waals surface area contributed by atoms with Crippen molar-refractivity contribution in [1.82, 2.24) is 4.90 Å². The molecule has 2 aliphatic rings. The Morgan fingerprint density at radius 1 is 1.30 bits per heavy atom. The van der Waals surface area contributed by atoms with Gasteiger partial charge in [0.05, 0.1) is 39.2 Å². The third-order valence-electron chi connectivity index (χ3n) is 5.20. The SMILES string of the molecule is COc1cc(/C=C2\SC(=S)N(C[C@H]3CCCO3)C2=O)cc(Br)c1OCc1ccc(Cl)c(Cl)c1. The van der Waals surface area contributed by atoms with Crippen molar-refractivity contribution in [2.45, 2.75) is 25.6 Å². The summed E-state index contributed by atoms with van der Waals surface area (Å²) < 4.78 is 18.4. The Morgan fingerprint density at radius 2 is 2.12 bits per heavy atom. The molecule has 2 fully saturated rings. The number of hydrogen-bond acceptors (Lipinski definition) is 6. The van der Waals surface area contributed by atoms with Gasteiger partial charge in [-0.25, -0.2) is 0 Å². The Hall–Kier alpha value is -1.29. The number of hydrogen-bond donors (Lipinski definition) is 0. The Kier molecular flexibility index (Phi) is 8.25. The summed E-state index contributed by atoms with van der Waals surface area (Å²) in [5, 5.41) is 0.959. The monoisotopic (exact) mass is 587 g/mol. The third kappa shape index (κ3) is 5.86. The van der Waals surface area contributed by atoms with Crippen LogP contribution in [0.2, 0.25) is 10.0 Å². The minimum Gasteiger partial charge on any atom is -0.493 e. The molecular weight excluding hydrogens is 569 g/mol. The van der Waals surface area contributed by atoms with Gasteiger partial charge in [-0.3, -0.25) is 9.69 Å². The number of methoxy groups -OCH3 is 1. The number of thioether (sulfide) groups is 1. The fourth-order valence-electron chi connectivity index (χ4n) is 3.55. The summed E-state index contributed by atoms with van der Waals surface area (Å²) in [4.78, 5) is 15.1. The van der Waals surface area contributed by atoms with Crippen molar-refractivity contribution >= 4 is 79.4 Å². The molecule has 2 aromatic rings. The van der Waals surface area contributed by atoms with Gasteiger partial charge in [0.2, 0.25) is 0 Å². The van der Waals surface area contributed by atoms with Gasteiger partial charge in [-0.05, 0) is 70.2 Å². The van der Waals surface area contributed by atoms with E-state index in [2.05, 4.69) is 15.9 Å². The Balaban J connectivity index is 1.51. The molecule has 5 nitrogen and oxygen atoms in total. The molecule has 174 valence electrons. The molecule has 0 aliphatic carbocycles. The van der Waals surface area contributed by atoms with Crippen molar-refractivity contribution in [1.29, 1.82) is 0 Å². The zero-order chi connectivity index (χ0) is 23.5. The summed E-state index contributed by atoms with van der Waals surface area (Å²) in [6, 6.07) is 9.03. The fourth-order valence-corrected chi connectivity index (χ4v) is 5.72. The van der Waals surface area contributed by atoms with Crippen LogP contribution in [0.1, 0.15) is 24.0 Å². The first kappa shape index (κ1) is 24.8. The lowest BCUT2D eigenvalue weighted by molar-refractivity contribution is -0.123. The second-order valence-corrected chi connectivity index (χ2v) is 10.8. The lowest BCUT2D eigenvalue weighted by Crippen LogP contribution is -2.35. The van der Waals surface area contributed by atoms with Gasteiger partial charge < -0.3 is 14.2 Å². The standard InChI is InChI=1S/C23H20BrCl2NO4S2/c1-29-19-9-14(7-16(24)21(19)31-12-13-4-5-17(25)18(26)8-13)10-20-22(28)27(23(32)33-20)11-15-3-2-6-30-15/h4-5,7-10,15H,2-3,6,11-12H2,1H3/b20-10-/t15-/m1/s1. The second-order valence-electron chi connectivity index (χ2n) is 7.50. The van der Waals surface area contributed by atoms with Crippen LogP contribution in [0.5, 0.6) is 11.5 Å². The van der Waals surface area contributed by atoms with E-state index < -0.39 is 0 Å². The van der Waals surface area contributed by atoms with Crippen LogP contribution in [0.3, 0.4) is 0 Å². The zero-order valence-electron chi connectivity index (χ0n) is 17.6. The Labute approximate surface area is 220 Å². The smallest absolute Gasteiger partial charge is 0.266 e. The molecule has 1 amide bonds. The summed E-state index contributed by atoms with van der Waals surface area (Å²) in [6.07, 6.45) is 3.82. The summed E-state index contributed by atoms with van der Waals surface area (Å²) in [7, 11) is 1.57. The van der Waals surface area contributed by atoms with E-state index in [-0.39, 0.29) is 18.6 Å². The van der Waals surface area contributed by atoms with E-state index in [1.54, 1.807) is 24.1 Å². The maximum atomic E-state index is 12.9. The van der Waals surface area contributed by atoms with E-state index in [0.29, 0.717) is 41.8 Å². The molecule has 0 aromatic heterocycles. The van der Waals surface area contributed by atoms with Crippen molar-refractivity contribution in [3.63, 3.8) is 0 Å². The second kappa shape index (κ2) is 11.0. The highest BCUT2D eigenvalue weighted by Crippen LogP contribution is 2.40. The number of ether oxygens (including phenoxy) is 3. The molecule has 0 N–H and O–H groups in total. The van der Waals surface area contributed by atoms with Gasteiger partial charge in [0, 0.05) is 6.61 Å². The number of carbonyl (C=O) groups is 1. The number of halogens is 3. The highest BCUT2D eigenvalue weighted by Gasteiger charge is 2.34. The van der Waals surface area contributed by atoms with Crippen molar-refractivity contribution in [3.05, 3.63) is 60.9 Å². The van der Waals surface area contributed by atoms with E-state index >= 15 is 0 Å². The van der Waals surface area contributed by atoms with Crippen molar-refractivity contribution in [2.75, 3.05) is 20.3 Å². The highest BCUT2D eigenvalue weighted by atomic mass is 79.9. The fraction of sp³-hybridized carbons (Fsp3) is 0.304. The molecule has 4 rings (SSSR count). The molecular formula is C23H20BrCl2NO4S2. The zero-order valence-corrected chi connectivity index (χ0v) is 22.3. The van der Waals surface area contributed by atoms with Crippen LogP contribution < -0.4 is 9.47 Å². The predicted molar refractivity (Wildman–Crippen MR) is 140 cm³/mol. The topological polar surface area (TPSA) is 48.0 Å². The molecule has 10 heteroatoms.